The van der Waals surface area contributed by atoms with E-state index < -0.39 is 5.97 Å². The zero-order valence-electron chi connectivity index (χ0n) is 10.4. The third-order valence-corrected chi connectivity index (χ3v) is 2.82. The zero-order chi connectivity index (χ0) is 14.5. The van der Waals surface area contributed by atoms with Crippen LogP contribution in [0.3, 0.4) is 0 Å². The molecule has 0 saturated carbocycles. The van der Waals surface area contributed by atoms with E-state index in [0.29, 0.717) is 16.6 Å². The van der Waals surface area contributed by atoms with Crippen molar-refractivity contribution < 1.29 is 9.90 Å². The second kappa shape index (κ2) is 5.68. The van der Waals surface area contributed by atoms with E-state index in [1.165, 1.54) is 11.1 Å². The van der Waals surface area contributed by atoms with E-state index >= 15 is 0 Å². The fourth-order valence-electron chi connectivity index (χ4n) is 2.01. The lowest BCUT2D eigenvalue weighted by Gasteiger charge is -2.21. The maximum absolute atomic E-state index is 11.3. The fraction of sp³-hybridized carbons (Fsp3) is 0.143. The molecule has 0 aliphatic carbocycles. The van der Waals surface area contributed by atoms with Crippen molar-refractivity contribution in [2.45, 2.75) is 0 Å². The summed E-state index contributed by atoms with van der Waals surface area (Å²) in [5.41, 5.74) is 0.953. The molecule has 0 aliphatic rings. The van der Waals surface area contributed by atoms with Crippen molar-refractivity contribution in [2.24, 2.45) is 0 Å². The number of pyridine rings is 1. The minimum absolute atomic E-state index is 0.0193. The number of aromatic carboxylic acids is 1. The van der Waals surface area contributed by atoms with Crippen LogP contribution in [0.4, 0.5) is 5.69 Å². The van der Waals surface area contributed by atoms with Crippen LogP contribution in [0.15, 0.2) is 30.5 Å². The highest BCUT2D eigenvalue weighted by molar-refractivity contribution is 6.04. The molecule has 1 aromatic carbocycles. The van der Waals surface area contributed by atoms with Gasteiger partial charge in [-0.3, -0.25) is 4.98 Å². The zero-order valence-corrected chi connectivity index (χ0v) is 10.4. The number of nitrogens with zero attached hydrogens (tertiary/aromatic N) is 4. The molecule has 0 amide bonds. The van der Waals surface area contributed by atoms with Gasteiger partial charge >= 0.3 is 5.97 Å². The van der Waals surface area contributed by atoms with Crippen LogP contribution in [-0.4, -0.2) is 29.1 Å². The molecule has 0 spiro atoms. The SMILES string of the molecule is N#CCN(CC#N)c1c(C(=O)O)cnc2ccccc12. The van der Waals surface area contributed by atoms with Crippen molar-refractivity contribution >= 4 is 22.6 Å². The molecule has 0 atom stereocenters. The van der Waals surface area contributed by atoms with Crippen molar-refractivity contribution in [3.63, 3.8) is 0 Å². The Labute approximate surface area is 115 Å². The van der Waals surface area contributed by atoms with E-state index in [1.807, 2.05) is 12.1 Å². The first kappa shape index (κ1) is 13.3. The smallest absolute Gasteiger partial charge is 0.339 e. The molecule has 2 rings (SSSR count). The first-order chi connectivity index (χ1) is 9.69. The van der Waals surface area contributed by atoms with Gasteiger partial charge < -0.3 is 10.0 Å². The van der Waals surface area contributed by atoms with Gasteiger partial charge in [0.1, 0.15) is 18.7 Å². The van der Waals surface area contributed by atoms with Crippen LogP contribution in [0.25, 0.3) is 10.9 Å². The quantitative estimate of drug-likeness (QED) is 0.846. The topological polar surface area (TPSA) is 101 Å². The van der Waals surface area contributed by atoms with Gasteiger partial charge in [-0.1, -0.05) is 18.2 Å². The van der Waals surface area contributed by atoms with Crippen LogP contribution in [0.5, 0.6) is 0 Å². The highest BCUT2D eigenvalue weighted by Crippen LogP contribution is 2.29. The van der Waals surface area contributed by atoms with E-state index in [0.717, 1.165) is 0 Å². The lowest BCUT2D eigenvalue weighted by Crippen LogP contribution is -2.26. The summed E-state index contributed by atoms with van der Waals surface area (Å²) in [6.45, 7) is -0.135. The molecule has 1 aromatic heterocycles. The van der Waals surface area contributed by atoms with Gasteiger partial charge in [0.25, 0.3) is 0 Å². The van der Waals surface area contributed by atoms with Crippen molar-refractivity contribution in [1.82, 2.24) is 4.98 Å². The number of para-hydroxylation sites is 1. The number of carbonyl (C=O) groups is 1. The van der Waals surface area contributed by atoms with Gasteiger partial charge in [0.05, 0.1) is 23.3 Å². The van der Waals surface area contributed by atoms with Crippen LogP contribution < -0.4 is 4.90 Å². The number of nitriles is 2. The lowest BCUT2D eigenvalue weighted by molar-refractivity contribution is 0.0697. The molecule has 1 heterocycles. The standard InChI is InChI=1S/C14H10N4O2/c15-5-7-18(8-6-16)13-10-3-1-2-4-12(10)17-9-11(13)14(19)20/h1-4,9H,7-8H2,(H,19,20). The Morgan fingerprint density at radius 1 is 1.25 bits per heavy atom. The number of anilines is 1. The normalized spacial score (nSPS) is 9.70. The van der Waals surface area contributed by atoms with E-state index in [4.69, 9.17) is 10.5 Å². The molecular weight excluding hydrogens is 256 g/mol. The largest absolute Gasteiger partial charge is 0.478 e. The van der Waals surface area contributed by atoms with Gasteiger partial charge in [0.2, 0.25) is 0 Å². The van der Waals surface area contributed by atoms with Crippen molar-refractivity contribution in [2.75, 3.05) is 18.0 Å². The monoisotopic (exact) mass is 266 g/mol. The van der Waals surface area contributed by atoms with E-state index in [1.54, 1.807) is 24.3 Å². The van der Waals surface area contributed by atoms with Gasteiger partial charge in [0, 0.05) is 11.6 Å². The number of aromatic nitrogens is 1. The maximum Gasteiger partial charge on any atom is 0.339 e. The van der Waals surface area contributed by atoms with Crippen LogP contribution >= 0.6 is 0 Å². The molecule has 0 fully saturated rings. The summed E-state index contributed by atoms with van der Waals surface area (Å²) in [6, 6.07) is 10.9. The summed E-state index contributed by atoms with van der Waals surface area (Å²) in [4.78, 5) is 16.9. The fourth-order valence-corrected chi connectivity index (χ4v) is 2.01. The van der Waals surface area contributed by atoms with Crippen LogP contribution in [-0.2, 0) is 0 Å². The van der Waals surface area contributed by atoms with Crippen molar-refractivity contribution in [1.29, 1.82) is 10.5 Å². The van der Waals surface area contributed by atoms with Crippen molar-refractivity contribution in [3.05, 3.63) is 36.0 Å². The number of benzene rings is 1. The highest BCUT2D eigenvalue weighted by atomic mass is 16.4. The minimum Gasteiger partial charge on any atom is -0.478 e. The Balaban J connectivity index is 2.75. The molecule has 6 heteroatoms. The van der Waals surface area contributed by atoms with E-state index in [9.17, 15) is 9.90 Å². The molecule has 2 aromatic rings. The second-order valence-corrected chi connectivity index (χ2v) is 4.02. The van der Waals surface area contributed by atoms with E-state index in [2.05, 4.69) is 4.98 Å². The summed E-state index contributed by atoms with van der Waals surface area (Å²) in [7, 11) is 0. The predicted octanol–water partition coefficient (Wildman–Crippen LogP) is 1.79. The Kier molecular flexibility index (Phi) is 3.78. The third kappa shape index (κ3) is 2.36. The average molecular weight is 266 g/mol. The molecule has 0 aliphatic heterocycles. The average Bonchev–Trinajstić information content (AvgIpc) is 2.45. The van der Waals surface area contributed by atoms with Gasteiger partial charge in [0.15, 0.2) is 0 Å². The maximum atomic E-state index is 11.3. The molecule has 0 saturated heterocycles. The number of hydrogen-bond donors (Lipinski definition) is 1. The van der Waals surface area contributed by atoms with Crippen LogP contribution in [0, 0.1) is 22.7 Å². The van der Waals surface area contributed by atoms with Gasteiger partial charge in [-0.2, -0.15) is 10.5 Å². The predicted molar refractivity (Wildman–Crippen MR) is 72.1 cm³/mol. The van der Waals surface area contributed by atoms with E-state index in [-0.39, 0.29) is 18.7 Å². The molecule has 0 bridgehead atoms. The Hall–Kier alpha value is -3.12. The first-order valence-electron chi connectivity index (χ1n) is 5.79. The number of carboxylic acids is 1. The highest BCUT2D eigenvalue weighted by Gasteiger charge is 2.19. The molecule has 0 unspecified atom stereocenters. The summed E-state index contributed by atoms with van der Waals surface area (Å²) in [5, 5.41) is 27.6. The summed E-state index contributed by atoms with van der Waals surface area (Å²) >= 11 is 0. The third-order valence-electron chi connectivity index (χ3n) is 2.82. The van der Waals surface area contributed by atoms with Crippen molar-refractivity contribution in [3.8, 4) is 12.1 Å². The Bertz CT molecular complexity index is 727. The number of rotatable bonds is 4. The minimum atomic E-state index is -1.14. The number of hydrogen-bond acceptors (Lipinski definition) is 5. The number of fused-ring (bicyclic) bond motifs is 1. The van der Waals surface area contributed by atoms with Crippen LogP contribution in [0.2, 0.25) is 0 Å². The molecule has 20 heavy (non-hydrogen) atoms. The Morgan fingerprint density at radius 2 is 1.90 bits per heavy atom. The first-order valence-corrected chi connectivity index (χ1v) is 5.79. The molecular formula is C14H10N4O2. The molecule has 1 N–H and O–H groups in total. The second-order valence-electron chi connectivity index (χ2n) is 4.02. The Morgan fingerprint density at radius 3 is 2.50 bits per heavy atom. The van der Waals surface area contributed by atoms with Gasteiger partial charge in [-0.15, -0.1) is 0 Å². The molecule has 98 valence electrons. The van der Waals surface area contributed by atoms with Gasteiger partial charge in [-0.05, 0) is 6.07 Å². The summed E-state index contributed by atoms with van der Waals surface area (Å²) in [6.07, 6.45) is 1.25. The molecule has 6 nitrogen and oxygen atoms in total. The molecule has 0 radical (unpaired) electrons. The summed E-state index contributed by atoms with van der Waals surface area (Å²) in [5.74, 6) is -1.14. The summed E-state index contributed by atoms with van der Waals surface area (Å²) < 4.78 is 0. The van der Waals surface area contributed by atoms with Crippen LogP contribution in [0.1, 0.15) is 10.4 Å². The number of carboxylic acid groups (broad SMARTS) is 1. The van der Waals surface area contributed by atoms with Gasteiger partial charge in [-0.25, -0.2) is 4.79 Å². The lowest BCUT2D eigenvalue weighted by atomic mass is 10.1.